The lowest BCUT2D eigenvalue weighted by Crippen LogP contribution is -2.42. The summed E-state index contributed by atoms with van der Waals surface area (Å²) in [6.07, 6.45) is 3.09. The molecule has 0 radical (unpaired) electrons. The summed E-state index contributed by atoms with van der Waals surface area (Å²) in [7, 11) is 0. The van der Waals surface area contributed by atoms with E-state index in [2.05, 4.69) is 31.9 Å². The summed E-state index contributed by atoms with van der Waals surface area (Å²) in [5, 5.41) is 12.8. The predicted molar refractivity (Wildman–Crippen MR) is 74.0 cm³/mol. The standard InChI is InChI=1S/C14H17N5O/c20-14(16-8-6-12-17-9-18-19-12)13-11-4-2-1-3-10(11)5-7-15-13/h1-4,9,13,15H,5-8H2,(H,16,20)(H,17,18,19). The molecule has 0 bridgehead atoms. The first-order valence-electron chi connectivity index (χ1n) is 6.78. The Morgan fingerprint density at radius 2 is 2.30 bits per heavy atom. The molecule has 3 rings (SSSR count). The summed E-state index contributed by atoms with van der Waals surface area (Å²) in [6.45, 7) is 1.38. The van der Waals surface area contributed by atoms with Crippen LogP contribution in [0, 0.1) is 0 Å². The third kappa shape index (κ3) is 2.70. The van der Waals surface area contributed by atoms with Crippen molar-refractivity contribution in [1.82, 2.24) is 25.8 Å². The third-order valence-electron chi connectivity index (χ3n) is 3.50. The van der Waals surface area contributed by atoms with E-state index in [-0.39, 0.29) is 11.9 Å². The molecule has 0 fully saturated rings. The second-order valence-electron chi connectivity index (χ2n) is 4.81. The minimum Gasteiger partial charge on any atom is -0.354 e. The highest BCUT2D eigenvalue weighted by Gasteiger charge is 2.25. The van der Waals surface area contributed by atoms with Crippen molar-refractivity contribution in [3.8, 4) is 0 Å². The molecule has 104 valence electrons. The fraction of sp³-hybridized carbons (Fsp3) is 0.357. The van der Waals surface area contributed by atoms with Crippen LogP contribution in [0.25, 0.3) is 0 Å². The summed E-state index contributed by atoms with van der Waals surface area (Å²) >= 11 is 0. The fourth-order valence-corrected chi connectivity index (χ4v) is 2.50. The molecular formula is C14H17N5O. The van der Waals surface area contributed by atoms with Crippen molar-refractivity contribution in [2.75, 3.05) is 13.1 Å². The summed E-state index contributed by atoms with van der Waals surface area (Å²) in [5.41, 5.74) is 2.33. The van der Waals surface area contributed by atoms with Crippen LogP contribution in [0.5, 0.6) is 0 Å². The van der Waals surface area contributed by atoms with E-state index in [1.165, 1.54) is 11.9 Å². The van der Waals surface area contributed by atoms with Gasteiger partial charge in [0.15, 0.2) is 0 Å². The van der Waals surface area contributed by atoms with Crippen LogP contribution in [0.3, 0.4) is 0 Å². The second kappa shape index (κ2) is 5.83. The fourth-order valence-electron chi connectivity index (χ4n) is 2.50. The molecule has 0 aliphatic carbocycles. The quantitative estimate of drug-likeness (QED) is 0.749. The van der Waals surface area contributed by atoms with Crippen molar-refractivity contribution in [2.24, 2.45) is 0 Å². The highest BCUT2D eigenvalue weighted by molar-refractivity contribution is 5.83. The number of aromatic nitrogens is 3. The first-order valence-corrected chi connectivity index (χ1v) is 6.78. The van der Waals surface area contributed by atoms with Gasteiger partial charge in [-0.15, -0.1) is 0 Å². The van der Waals surface area contributed by atoms with Crippen LogP contribution in [0.1, 0.15) is 23.0 Å². The van der Waals surface area contributed by atoms with Crippen molar-refractivity contribution in [2.45, 2.75) is 18.9 Å². The minimum atomic E-state index is -0.255. The molecule has 2 heterocycles. The number of hydrogen-bond acceptors (Lipinski definition) is 4. The molecule has 1 aromatic heterocycles. The molecule has 6 nitrogen and oxygen atoms in total. The molecule has 1 aromatic carbocycles. The molecule has 1 atom stereocenters. The van der Waals surface area contributed by atoms with Gasteiger partial charge in [-0.25, -0.2) is 4.98 Å². The Kier molecular flexibility index (Phi) is 3.73. The number of nitrogens with zero attached hydrogens (tertiary/aromatic N) is 2. The molecule has 1 unspecified atom stereocenters. The summed E-state index contributed by atoms with van der Waals surface area (Å²) in [6, 6.07) is 7.84. The van der Waals surface area contributed by atoms with Gasteiger partial charge in [0, 0.05) is 19.5 Å². The third-order valence-corrected chi connectivity index (χ3v) is 3.50. The molecule has 0 saturated carbocycles. The highest BCUT2D eigenvalue weighted by Crippen LogP contribution is 2.22. The van der Waals surface area contributed by atoms with Gasteiger partial charge in [0.2, 0.25) is 5.91 Å². The van der Waals surface area contributed by atoms with Crippen molar-refractivity contribution in [3.63, 3.8) is 0 Å². The van der Waals surface area contributed by atoms with Gasteiger partial charge in [0.1, 0.15) is 18.2 Å². The molecule has 3 N–H and O–H groups in total. The zero-order valence-electron chi connectivity index (χ0n) is 11.1. The molecule has 1 aliphatic heterocycles. The van der Waals surface area contributed by atoms with Crippen molar-refractivity contribution in [3.05, 3.63) is 47.5 Å². The van der Waals surface area contributed by atoms with Crippen molar-refractivity contribution >= 4 is 5.91 Å². The summed E-state index contributed by atoms with van der Waals surface area (Å²) < 4.78 is 0. The molecule has 20 heavy (non-hydrogen) atoms. The van der Waals surface area contributed by atoms with Crippen LogP contribution >= 0.6 is 0 Å². The van der Waals surface area contributed by atoms with E-state index in [9.17, 15) is 4.79 Å². The van der Waals surface area contributed by atoms with E-state index < -0.39 is 0 Å². The van der Waals surface area contributed by atoms with Crippen LogP contribution in [-0.2, 0) is 17.6 Å². The number of H-pyrrole nitrogens is 1. The highest BCUT2D eigenvalue weighted by atomic mass is 16.2. The van der Waals surface area contributed by atoms with Crippen molar-refractivity contribution in [1.29, 1.82) is 0 Å². The number of amides is 1. The van der Waals surface area contributed by atoms with E-state index in [0.29, 0.717) is 13.0 Å². The van der Waals surface area contributed by atoms with Gasteiger partial charge in [-0.1, -0.05) is 24.3 Å². The average molecular weight is 271 g/mol. The number of fused-ring (bicyclic) bond motifs is 1. The Morgan fingerprint density at radius 3 is 3.15 bits per heavy atom. The molecule has 2 aromatic rings. The van der Waals surface area contributed by atoms with Gasteiger partial charge in [-0.3, -0.25) is 9.89 Å². The molecule has 0 saturated heterocycles. The van der Waals surface area contributed by atoms with E-state index in [0.717, 1.165) is 24.4 Å². The van der Waals surface area contributed by atoms with E-state index in [4.69, 9.17) is 0 Å². The number of benzene rings is 1. The number of hydrogen-bond donors (Lipinski definition) is 3. The van der Waals surface area contributed by atoms with Crippen LogP contribution in [0.2, 0.25) is 0 Å². The molecule has 0 spiro atoms. The van der Waals surface area contributed by atoms with Crippen molar-refractivity contribution < 1.29 is 4.79 Å². The van der Waals surface area contributed by atoms with Gasteiger partial charge in [-0.2, -0.15) is 5.10 Å². The van der Waals surface area contributed by atoms with Gasteiger partial charge < -0.3 is 10.6 Å². The maximum atomic E-state index is 12.3. The smallest absolute Gasteiger partial charge is 0.241 e. The lowest BCUT2D eigenvalue weighted by atomic mass is 9.94. The van der Waals surface area contributed by atoms with Crippen LogP contribution in [0.15, 0.2) is 30.6 Å². The summed E-state index contributed by atoms with van der Waals surface area (Å²) in [5.74, 6) is 0.791. The first kappa shape index (κ1) is 12.8. The molecule has 1 aliphatic rings. The second-order valence-corrected chi connectivity index (χ2v) is 4.81. The Balaban J connectivity index is 1.60. The largest absolute Gasteiger partial charge is 0.354 e. The minimum absolute atomic E-state index is 0.0108. The monoisotopic (exact) mass is 271 g/mol. The maximum absolute atomic E-state index is 12.3. The Hall–Kier alpha value is -2.21. The first-order chi connectivity index (χ1) is 9.84. The normalized spacial score (nSPS) is 17.5. The number of rotatable bonds is 4. The van der Waals surface area contributed by atoms with Crippen LogP contribution < -0.4 is 10.6 Å². The van der Waals surface area contributed by atoms with Crippen LogP contribution in [0.4, 0.5) is 0 Å². The molecule has 6 heteroatoms. The number of nitrogens with one attached hydrogen (secondary N) is 3. The average Bonchev–Trinajstić information content (AvgIpc) is 3.00. The Morgan fingerprint density at radius 1 is 1.40 bits per heavy atom. The van der Waals surface area contributed by atoms with Gasteiger partial charge in [0.25, 0.3) is 0 Å². The summed E-state index contributed by atoms with van der Waals surface area (Å²) in [4.78, 5) is 16.3. The zero-order chi connectivity index (χ0) is 13.8. The topological polar surface area (TPSA) is 82.7 Å². The van der Waals surface area contributed by atoms with Gasteiger partial charge in [-0.05, 0) is 17.5 Å². The zero-order valence-corrected chi connectivity index (χ0v) is 11.1. The number of aromatic amines is 1. The Bertz CT molecular complexity index is 581. The lowest BCUT2D eigenvalue weighted by Gasteiger charge is -2.25. The Labute approximate surface area is 117 Å². The van der Waals surface area contributed by atoms with Gasteiger partial charge >= 0.3 is 0 Å². The van der Waals surface area contributed by atoms with Crippen LogP contribution in [-0.4, -0.2) is 34.2 Å². The molecule has 1 amide bonds. The lowest BCUT2D eigenvalue weighted by molar-refractivity contribution is -0.123. The van der Waals surface area contributed by atoms with E-state index in [1.807, 2.05) is 18.2 Å². The van der Waals surface area contributed by atoms with E-state index >= 15 is 0 Å². The van der Waals surface area contributed by atoms with E-state index in [1.54, 1.807) is 0 Å². The van der Waals surface area contributed by atoms with Gasteiger partial charge in [0.05, 0.1) is 0 Å². The number of carbonyl (C=O) groups excluding carboxylic acids is 1. The maximum Gasteiger partial charge on any atom is 0.241 e. The SMILES string of the molecule is O=C(NCCc1ncn[nH]1)C1NCCc2ccccc21. The molecular weight excluding hydrogens is 254 g/mol. The predicted octanol–water partition coefficient (Wildman–Crippen LogP) is 0.350. The number of carbonyl (C=O) groups is 1.